The first-order valence-electron chi connectivity index (χ1n) is 11.9. The summed E-state index contributed by atoms with van der Waals surface area (Å²) in [6.45, 7) is 2.76. The van der Waals surface area contributed by atoms with Gasteiger partial charge in [0.25, 0.3) is 0 Å². The van der Waals surface area contributed by atoms with Crippen LogP contribution in [0.15, 0.2) is 30.5 Å². The van der Waals surface area contributed by atoms with E-state index in [0.717, 1.165) is 11.8 Å². The molecule has 4 atom stereocenters. The number of anilines is 2. The summed E-state index contributed by atoms with van der Waals surface area (Å²) in [6, 6.07) is 4.88. The summed E-state index contributed by atoms with van der Waals surface area (Å²) in [5.74, 6) is -3.13. The van der Waals surface area contributed by atoms with Crippen molar-refractivity contribution in [2.45, 2.75) is 44.5 Å². The van der Waals surface area contributed by atoms with Gasteiger partial charge < -0.3 is 24.4 Å². The van der Waals surface area contributed by atoms with Crippen LogP contribution in [-0.2, 0) is 4.79 Å². The summed E-state index contributed by atoms with van der Waals surface area (Å²) in [5.41, 5.74) is 0.986. The minimum Gasteiger partial charge on any atom is -0.487 e. The third-order valence-corrected chi connectivity index (χ3v) is 7.29. The van der Waals surface area contributed by atoms with Gasteiger partial charge in [-0.05, 0) is 18.6 Å². The predicted molar refractivity (Wildman–Crippen MR) is 130 cm³/mol. The molecule has 0 amide bonds. The number of alkyl halides is 3. The largest absolute Gasteiger partial charge is 0.487 e. The fourth-order valence-corrected chi connectivity index (χ4v) is 5.30. The molecule has 0 aliphatic carbocycles. The molecule has 12 heteroatoms. The fraction of sp³-hybridized carbons (Fsp3) is 0.520. The number of carboxylic acids is 1. The normalized spacial score (nSPS) is 24.3. The van der Waals surface area contributed by atoms with E-state index in [0.29, 0.717) is 30.4 Å². The monoisotopic (exact) mass is 545 g/mol. The number of carboxylic acid groups (broad SMARTS) is 1. The van der Waals surface area contributed by atoms with E-state index in [-0.39, 0.29) is 29.9 Å². The topological polar surface area (TPSA) is 75.1 Å². The maximum absolute atomic E-state index is 15.0. The molecule has 1 aromatic heterocycles. The Morgan fingerprint density at radius 1 is 1.27 bits per heavy atom. The maximum atomic E-state index is 15.0. The maximum Gasteiger partial charge on any atom is 0.393 e. The lowest BCUT2D eigenvalue weighted by molar-refractivity contribution is -0.169. The third-order valence-electron chi connectivity index (χ3n) is 7.00. The number of pyridine rings is 1. The highest BCUT2D eigenvalue weighted by Gasteiger charge is 2.48. The molecule has 2 fully saturated rings. The zero-order valence-corrected chi connectivity index (χ0v) is 21.1. The van der Waals surface area contributed by atoms with Crippen molar-refractivity contribution in [3.63, 3.8) is 0 Å². The molecular weight excluding hydrogens is 518 g/mol. The van der Waals surface area contributed by atoms with Gasteiger partial charge in [0, 0.05) is 55.8 Å². The molecule has 3 heterocycles. The Bertz CT molecular complexity index is 1140. The van der Waals surface area contributed by atoms with Crippen LogP contribution in [-0.4, -0.2) is 61.1 Å². The zero-order valence-electron chi connectivity index (χ0n) is 20.3. The second kappa shape index (κ2) is 10.8. The summed E-state index contributed by atoms with van der Waals surface area (Å²) in [5, 5.41) is 9.63. The Balaban J connectivity index is 1.44. The molecule has 0 spiro atoms. The number of methoxy groups -OCH3 is 1. The van der Waals surface area contributed by atoms with Gasteiger partial charge >= 0.3 is 12.1 Å². The number of benzene rings is 1. The highest BCUT2D eigenvalue weighted by molar-refractivity contribution is 6.33. The van der Waals surface area contributed by atoms with E-state index in [4.69, 9.17) is 26.2 Å². The molecular formula is C25H28ClF4N3O4. The van der Waals surface area contributed by atoms with Crippen molar-refractivity contribution in [3.05, 3.63) is 41.3 Å². The molecule has 4 rings (SSSR count). The fourth-order valence-electron chi connectivity index (χ4n) is 5.07. The van der Waals surface area contributed by atoms with Crippen molar-refractivity contribution < 1.29 is 36.9 Å². The number of rotatable bonds is 7. The van der Waals surface area contributed by atoms with E-state index >= 15 is 4.39 Å². The first kappa shape index (κ1) is 27.1. The molecule has 1 N–H and O–H groups in total. The average molecular weight is 546 g/mol. The van der Waals surface area contributed by atoms with Crippen LogP contribution in [0.25, 0.3) is 0 Å². The van der Waals surface area contributed by atoms with Gasteiger partial charge in [0.05, 0.1) is 36.4 Å². The van der Waals surface area contributed by atoms with Crippen molar-refractivity contribution in [3.8, 4) is 11.6 Å². The van der Waals surface area contributed by atoms with Crippen molar-refractivity contribution >= 4 is 28.9 Å². The number of aromatic nitrogens is 1. The van der Waals surface area contributed by atoms with E-state index in [1.807, 2.05) is 6.92 Å². The lowest BCUT2D eigenvalue weighted by Crippen LogP contribution is -2.44. The van der Waals surface area contributed by atoms with Crippen LogP contribution in [0.3, 0.4) is 0 Å². The average Bonchev–Trinajstić information content (AvgIpc) is 3.25. The van der Waals surface area contributed by atoms with Crippen molar-refractivity contribution in [1.82, 2.24) is 4.98 Å². The van der Waals surface area contributed by atoms with Crippen LogP contribution in [0.1, 0.15) is 26.2 Å². The molecule has 2 aliphatic heterocycles. The van der Waals surface area contributed by atoms with Crippen LogP contribution < -0.4 is 19.3 Å². The van der Waals surface area contributed by atoms with Gasteiger partial charge in [-0.3, -0.25) is 4.79 Å². The SMILES string of the molecule is COc1cc(N2CCC(Oc3ccc(N4C[C@H](C(F)(F)F)C[C@@H]4CC(=O)O)cc3F)C(C)C2)c(Cl)cn1. The molecule has 1 aromatic carbocycles. The predicted octanol–water partition coefficient (Wildman–Crippen LogP) is 5.41. The van der Waals surface area contributed by atoms with E-state index in [9.17, 15) is 18.0 Å². The Morgan fingerprint density at radius 3 is 2.65 bits per heavy atom. The third kappa shape index (κ3) is 6.14. The van der Waals surface area contributed by atoms with Gasteiger partial charge in [0.1, 0.15) is 6.10 Å². The molecule has 0 saturated carbocycles. The quantitative estimate of drug-likeness (QED) is 0.466. The number of carbonyl (C=O) groups is 1. The highest BCUT2D eigenvalue weighted by atomic mass is 35.5. The number of hydrogen-bond acceptors (Lipinski definition) is 6. The smallest absolute Gasteiger partial charge is 0.393 e. The number of nitrogens with zero attached hydrogens (tertiary/aromatic N) is 3. The van der Waals surface area contributed by atoms with Crippen LogP contribution in [0.4, 0.5) is 28.9 Å². The number of halogens is 5. The molecule has 0 bridgehead atoms. The van der Waals surface area contributed by atoms with Crippen LogP contribution >= 0.6 is 11.6 Å². The standard InChI is InChI=1S/C25H28ClF4N3O4/c1-14-12-32(20-10-23(36-2)31-11-18(20)26)6-5-21(14)37-22-4-3-16(8-19(22)27)33-13-15(25(28,29)30)7-17(33)9-24(34)35/h3-4,8,10-11,14-15,17,21H,5-7,9,12-13H2,1-2H3,(H,34,35)/t14?,15-,17-,21?/m1/s1. The molecule has 2 unspecified atom stereocenters. The summed E-state index contributed by atoms with van der Waals surface area (Å²) in [7, 11) is 1.52. The molecule has 37 heavy (non-hydrogen) atoms. The van der Waals surface area contributed by atoms with Gasteiger partial charge in [-0.1, -0.05) is 18.5 Å². The van der Waals surface area contributed by atoms with Gasteiger partial charge in [-0.15, -0.1) is 0 Å². The second-order valence-electron chi connectivity index (χ2n) is 9.54. The number of ether oxygens (including phenoxy) is 2. The molecule has 2 aliphatic rings. The lowest BCUT2D eigenvalue weighted by Gasteiger charge is -2.38. The van der Waals surface area contributed by atoms with Gasteiger partial charge in [-0.25, -0.2) is 9.37 Å². The molecule has 7 nitrogen and oxygen atoms in total. The first-order chi connectivity index (χ1) is 17.5. The molecule has 0 radical (unpaired) electrons. The zero-order chi connectivity index (χ0) is 26.9. The molecule has 2 saturated heterocycles. The van der Waals surface area contributed by atoms with Crippen LogP contribution in [0, 0.1) is 17.7 Å². The number of aliphatic carboxylic acids is 1. The Kier molecular flexibility index (Phi) is 7.91. The first-order valence-corrected chi connectivity index (χ1v) is 12.3. The summed E-state index contributed by atoms with van der Waals surface area (Å²) in [4.78, 5) is 18.7. The number of piperidine rings is 1. The summed E-state index contributed by atoms with van der Waals surface area (Å²) < 4.78 is 66.1. The number of hydrogen-bond donors (Lipinski definition) is 1. The minimum absolute atomic E-state index is 0.000911. The molecule has 2 aromatic rings. The lowest BCUT2D eigenvalue weighted by atomic mass is 9.96. The van der Waals surface area contributed by atoms with E-state index in [1.165, 1.54) is 30.3 Å². The highest BCUT2D eigenvalue weighted by Crippen LogP contribution is 2.41. The van der Waals surface area contributed by atoms with E-state index < -0.39 is 42.9 Å². The summed E-state index contributed by atoms with van der Waals surface area (Å²) in [6.07, 6.45) is -3.44. The van der Waals surface area contributed by atoms with Crippen molar-refractivity contribution in [2.24, 2.45) is 11.8 Å². The molecule has 202 valence electrons. The summed E-state index contributed by atoms with van der Waals surface area (Å²) >= 11 is 6.32. The van der Waals surface area contributed by atoms with Gasteiger partial charge in [0.15, 0.2) is 11.6 Å². The van der Waals surface area contributed by atoms with Crippen LogP contribution in [0.2, 0.25) is 5.02 Å². The second-order valence-corrected chi connectivity index (χ2v) is 9.95. The van der Waals surface area contributed by atoms with Crippen LogP contribution in [0.5, 0.6) is 11.6 Å². The Labute approximate surface area is 216 Å². The Morgan fingerprint density at radius 2 is 2.03 bits per heavy atom. The Hall–Kier alpha value is -2.95. The van der Waals surface area contributed by atoms with Crippen molar-refractivity contribution in [1.29, 1.82) is 0 Å². The van der Waals surface area contributed by atoms with E-state index in [1.54, 1.807) is 6.07 Å². The van der Waals surface area contributed by atoms with Crippen molar-refractivity contribution in [2.75, 3.05) is 36.5 Å². The van der Waals surface area contributed by atoms with E-state index in [2.05, 4.69) is 9.88 Å². The minimum atomic E-state index is -4.45. The van der Waals surface area contributed by atoms with Gasteiger partial charge in [-0.2, -0.15) is 13.2 Å². The van der Waals surface area contributed by atoms with Gasteiger partial charge in [0.2, 0.25) is 5.88 Å².